The molecule has 0 fully saturated rings. The number of aromatic nitrogens is 1. The molecule has 0 spiro atoms. The molecule has 1 rings (SSSR count). The van der Waals surface area contributed by atoms with E-state index >= 15 is 0 Å². The van der Waals surface area contributed by atoms with Gasteiger partial charge in [-0.05, 0) is 32.1 Å². The number of pyridine rings is 1. The fraction of sp³-hybridized carbons (Fsp3) is 0.571. The number of rotatable bonds is 5. The molecule has 0 saturated heterocycles. The Morgan fingerprint density at radius 2 is 2.05 bits per heavy atom. The van der Waals surface area contributed by atoms with Gasteiger partial charge in [0, 0.05) is 25.8 Å². The Morgan fingerprint density at radius 1 is 1.42 bits per heavy atom. The van der Waals surface area contributed by atoms with E-state index in [-0.39, 0.29) is 23.1 Å². The van der Waals surface area contributed by atoms with E-state index in [4.69, 9.17) is 0 Å². The van der Waals surface area contributed by atoms with Crippen LogP contribution >= 0.6 is 0 Å². The average Bonchev–Trinajstić information content (AvgIpc) is 2.31. The molecule has 1 amide bonds. The summed E-state index contributed by atoms with van der Waals surface area (Å²) in [5.41, 5.74) is -0.0859. The van der Waals surface area contributed by atoms with E-state index in [1.165, 1.54) is 4.57 Å². The molecule has 5 heteroatoms. The normalized spacial score (nSPS) is 12.8. The van der Waals surface area contributed by atoms with Crippen LogP contribution in [0.15, 0.2) is 23.1 Å². The van der Waals surface area contributed by atoms with Gasteiger partial charge in [-0.2, -0.15) is 0 Å². The molecule has 0 aliphatic carbocycles. The Balaban J connectivity index is 2.75. The molecule has 1 unspecified atom stereocenters. The second kappa shape index (κ2) is 6.52. The third-order valence-electron chi connectivity index (χ3n) is 3.27. The van der Waals surface area contributed by atoms with Crippen molar-refractivity contribution < 1.29 is 4.79 Å². The van der Waals surface area contributed by atoms with Gasteiger partial charge in [-0.3, -0.25) is 9.59 Å². The van der Waals surface area contributed by atoms with E-state index in [0.29, 0.717) is 12.5 Å². The third kappa shape index (κ3) is 3.92. The summed E-state index contributed by atoms with van der Waals surface area (Å²) in [5, 5.41) is 2.84. The smallest absolute Gasteiger partial charge is 0.263 e. The van der Waals surface area contributed by atoms with Crippen molar-refractivity contribution in [3.8, 4) is 0 Å². The lowest BCUT2D eigenvalue weighted by Crippen LogP contribution is -2.44. The first kappa shape index (κ1) is 15.4. The van der Waals surface area contributed by atoms with Crippen molar-refractivity contribution in [1.29, 1.82) is 0 Å². The molecular formula is C14H23N3O2. The van der Waals surface area contributed by atoms with E-state index < -0.39 is 0 Å². The number of carbonyl (C=O) groups excluding carboxylic acids is 1. The van der Waals surface area contributed by atoms with Crippen LogP contribution in [0.1, 0.15) is 24.2 Å². The minimum absolute atomic E-state index is 0.186. The van der Waals surface area contributed by atoms with Crippen LogP contribution in [0.2, 0.25) is 0 Å². The first-order chi connectivity index (χ1) is 8.84. The summed E-state index contributed by atoms with van der Waals surface area (Å²) < 4.78 is 1.40. The molecule has 0 aliphatic rings. The number of aryl methyl sites for hydroxylation is 1. The first-order valence-electron chi connectivity index (χ1n) is 6.45. The zero-order valence-electron chi connectivity index (χ0n) is 12.3. The van der Waals surface area contributed by atoms with Crippen molar-refractivity contribution in [3.63, 3.8) is 0 Å². The lowest BCUT2D eigenvalue weighted by molar-refractivity contribution is 0.0932. The highest BCUT2D eigenvalue weighted by molar-refractivity contribution is 5.93. The fourth-order valence-electron chi connectivity index (χ4n) is 2.08. The molecule has 0 bridgehead atoms. The Morgan fingerprint density at radius 3 is 2.58 bits per heavy atom. The molecular weight excluding hydrogens is 242 g/mol. The van der Waals surface area contributed by atoms with E-state index in [9.17, 15) is 9.59 Å². The van der Waals surface area contributed by atoms with Gasteiger partial charge in [0.15, 0.2) is 0 Å². The fourth-order valence-corrected chi connectivity index (χ4v) is 2.08. The summed E-state index contributed by atoms with van der Waals surface area (Å²) in [6, 6.07) is 3.50. The van der Waals surface area contributed by atoms with Gasteiger partial charge in [0.25, 0.3) is 11.5 Å². The number of nitrogens with zero attached hydrogens (tertiary/aromatic N) is 2. The molecule has 1 aromatic rings. The zero-order valence-corrected chi connectivity index (χ0v) is 12.3. The standard InChI is InChI=1S/C14H23N3O2/c1-10(2)12(16(3)4)9-15-13(18)11-7-6-8-17(5)14(11)19/h6-8,10,12H,9H2,1-5H3,(H,15,18). The first-order valence-corrected chi connectivity index (χ1v) is 6.45. The largest absolute Gasteiger partial charge is 0.350 e. The Kier molecular flexibility index (Phi) is 5.30. The predicted octanol–water partition coefficient (Wildman–Crippen LogP) is 0.701. The number of hydrogen-bond donors (Lipinski definition) is 1. The maximum absolute atomic E-state index is 12.0. The van der Waals surface area contributed by atoms with Gasteiger partial charge < -0.3 is 14.8 Å². The van der Waals surface area contributed by atoms with E-state index in [1.807, 2.05) is 14.1 Å². The van der Waals surface area contributed by atoms with Crippen LogP contribution in [-0.4, -0.2) is 42.1 Å². The van der Waals surface area contributed by atoms with Crippen molar-refractivity contribution in [1.82, 2.24) is 14.8 Å². The monoisotopic (exact) mass is 265 g/mol. The van der Waals surface area contributed by atoms with Crippen LogP contribution in [-0.2, 0) is 7.05 Å². The minimum Gasteiger partial charge on any atom is -0.350 e. The maximum atomic E-state index is 12.0. The lowest BCUT2D eigenvalue weighted by atomic mass is 10.0. The van der Waals surface area contributed by atoms with Gasteiger partial charge in [-0.1, -0.05) is 13.8 Å². The third-order valence-corrected chi connectivity index (χ3v) is 3.27. The van der Waals surface area contributed by atoms with Crippen LogP contribution in [0.5, 0.6) is 0 Å². The van der Waals surface area contributed by atoms with Crippen LogP contribution < -0.4 is 10.9 Å². The van der Waals surface area contributed by atoms with Crippen LogP contribution in [0.4, 0.5) is 0 Å². The molecule has 0 aromatic carbocycles. The topological polar surface area (TPSA) is 54.3 Å². The maximum Gasteiger partial charge on any atom is 0.263 e. The molecule has 0 radical (unpaired) electrons. The quantitative estimate of drug-likeness (QED) is 0.852. The Hall–Kier alpha value is -1.62. The number of carbonyl (C=O) groups is 1. The van der Waals surface area contributed by atoms with Crippen LogP contribution in [0.3, 0.4) is 0 Å². The van der Waals surface area contributed by atoms with Crippen molar-refractivity contribution in [2.24, 2.45) is 13.0 Å². The van der Waals surface area contributed by atoms with Gasteiger partial charge >= 0.3 is 0 Å². The summed E-state index contributed by atoms with van der Waals surface area (Å²) in [7, 11) is 5.60. The highest BCUT2D eigenvalue weighted by Gasteiger charge is 2.18. The van der Waals surface area contributed by atoms with Gasteiger partial charge in [-0.15, -0.1) is 0 Å². The Labute approximate surface area is 114 Å². The minimum atomic E-state index is -0.311. The van der Waals surface area contributed by atoms with E-state index in [0.717, 1.165) is 0 Å². The van der Waals surface area contributed by atoms with Crippen LogP contribution in [0, 0.1) is 5.92 Å². The summed E-state index contributed by atoms with van der Waals surface area (Å²) in [6.45, 7) is 4.75. The predicted molar refractivity (Wildman–Crippen MR) is 76.3 cm³/mol. The molecule has 1 N–H and O–H groups in total. The summed E-state index contributed by atoms with van der Waals surface area (Å²) in [4.78, 5) is 25.9. The summed E-state index contributed by atoms with van der Waals surface area (Å²) in [6.07, 6.45) is 1.63. The Bertz CT molecular complexity index is 484. The number of likely N-dealkylation sites (N-methyl/N-ethyl adjacent to an activating group) is 1. The molecule has 19 heavy (non-hydrogen) atoms. The molecule has 0 saturated carbocycles. The average molecular weight is 265 g/mol. The molecule has 0 aliphatic heterocycles. The summed E-state index contributed by atoms with van der Waals surface area (Å²) in [5.74, 6) is 0.114. The van der Waals surface area contributed by atoms with Crippen molar-refractivity contribution >= 4 is 5.91 Å². The van der Waals surface area contributed by atoms with Crippen LogP contribution in [0.25, 0.3) is 0 Å². The second-order valence-corrected chi connectivity index (χ2v) is 5.32. The molecule has 5 nitrogen and oxygen atoms in total. The van der Waals surface area contributed by atoms with Crippen molar-refractivity contribution in [2.45, 2.75) is 19.9 Å². The second-order valence-electron chi connectivity index (χ2n) is 5.32. The number of hydrogen-bond acceptors (Lipinski definition) is 3. The summed E-state index contributed by atoms with van der Waals surface area (Å²) >= 11 is 0. The highest BCUT2D eigenvalue weighted by atomic mass is 16.2. The van der Waals surface area contributed by atoms with Gasteiger partial charge in [0.05, 0.1) is 0 Å². The molecule has 106 valence electrons. The molecule has 1 aromatic heterocycles. The molecule has 1 atom stereocenters. The number of amides is 1. The van der Waals surface area contributed by atoms with Crippen molar-refractivity contribution in [2.75, 3.05) is 20.6 Å². The van der Waals surface area contributed by atoms with Gasteiger partial charge in [-0.25, -0.2) is 0 Å². The highest BCUT2D eigenvalue weighted by Crippen LogP contribution is 2.06. The SMILES string of the molecule is CC(C)C(CNC(=O)c1cccn(C)c1=O)N(C)C. The lowest BCUT2D eigenvalue weighted by Gasteiger charge is -2.28. The van der Waals surface area contributed by atoms with Gasteiger partial charge in [0.1, 0.15) is 5.56 Å². The molecule has 1 heterocycles. The van der Waals surface area contributed by atoms with Crippen molar-refractivity contribution in [3.05, 3.63) is 34.2 Å². The zero-order chi connectivity index (χ0) is 14.6. The van der Waals surface area contributed by atoms with E-state index in [2.05, 4.69) is 24.1 Å². The van der Waals surface area contributed by atoms with Gasteiger partial charge in [0.2, 0.25) is 0 Å². The van der Waals surface area contributed by atoms with E-state index in [1.54, 1.807) is 25.4 Å². The number of nitrogens with one attached hydrogen (secondary N) is 1.